The first-order valence-electron chi connectivity index (χ1n) is 11.1. The Labute approximate surface area is 179 Å². The third-order valence-corrected chi connectivity index (χ3v) is 5.24. The van der Waals surface area contributed by atoms with E-state index in [4.69, 9.17) is 5.73 Å². The maximum absolute atomic E-state index is 5.60. The third kappa shape index (κ3) is 7.17. The molecule has 0 saturated carbocycles. The lowest BCUT2D eigenvalue weighted by Crippen LogP contribution is -1.99. The van der Waals surface area contributed by atoms with Crippen LogP contribution in [0.25, 0.3) is 6.08 Å². The Hall–Kier alpha value is -2.89. The maximum atomic E-state index is 5.60. The molecule has 0 unspecified atom stereocenters. The topological polar surface area (TPSA) is 85.4 Å². The molecule has 3 rings (SSSR count). The minimum absolute atomic E-state index is 0.495. The average Bonchev–Trinajstić information content (AvgIpc) is 3.35. The summed E-state index contributed by atoms with van der Waals surface area (Å²) in [5.41, 5.74) is 11.7. The summed E-state index contributed by atoms with van der Waals surface area (Å²) in [6.07, 6.45) is 15.1. The normalized spacial score (nSPS) is 11.9. The van der Waals surface area contributed by atoms with Crippen LogP contribution in [0, 0.1) is 0 Å². The van der Waals surface area contributed by atoms with Crippen LogP contribution in [0.4, 0.5) is 5.95 Å². The van der Waals surface area contributed by atoms with Crippen LogP contribution >= 0.6 is 0 Å². The van der Waals surface area contributed by atoms with Crippen molar-refractivity contribution >= 4 is 12.0 Å². The van der Waals surface area contributed by atoms with Gasteiger partial charge in [0.05, 0.1) is 18.4 Å². The van der Waals surface area contributed by atoms with Crippen LogP contribution in [0.1, 0.15) is 68.5 Å². The molecule has 6 nitrogen and oxygen atoms in total. The quantitative estimate of drug-likeness (QED) is 0.415. The zero-order valence-electron chi connectivity index (χ0n) is 18.3. The van der Waals surface area contributed by atoms with Gasteiger partial charge in [0.1, 0.15) is 0 Å². The highest BCUT2D eigenvalue weighted by atomic mass is 15.4. The lowest BCUT2D eigenvalue weighted by molar-refractivity contribution is 0.642. The van der Waals surface area contributed by atoms with Crippen molar-refractivity contribution in [1.82, 2.24) is 25.0 Å². The molecule has 0 spiro atoms. The van der Waals surface area contributed by atoms with Gasteiger partial charge in [0.15, 0.2) is 5.95 Å². The second-order valence-electron chi connectivity index (χ2n) is 8.10. The number of nitrogens with zero attached hydrogens (tertiary/aromatic N) is 4. The second kappa shape index (κ2) is 11.3. The molecule has 0 amide bonds. The predicted molar refractivity (Wildman–Crippen MR) is 123 cm³/mol. The van der Waals surface area contributed by atoms with Gasteiger partial charge >= 0.3 is 0 Å². The molecule has 160 valence electrons. The molecule has 0 bridgehead atoms. The lowest BCUT2D eigenvalue weighted by atomic mass is 10.1. The number of aromatic nitrogens is 5. The number of rotatable bonds is 12. The van der Waals surface area contributed by atoms with Crippen LogP contribution in [-0.4, -0.2) is 25.0 Å². The van der Waals surface area contributed by atoms with Gasteiger partial charge in [-0.2, -0.15) is 0 Å². The molecule has 0 atom stereocenters. The molecule has 0 fully saturated rings. The van der Waals surface area contributed by atoms with E-state index in [-0.39, 0.29) is 0 Å². The van der Waals surface area contributed by atoms with Crippen molar-refractivity contribution in [3.63, 3.8) is 0 Å². The van der Waals surface area contributed by atoms with Crippen molar-refractivity contribution < 1.29 is 0 Å². The first kappa shape index (κ1) is 21.8. The SMILES string of the molecule is CCCCc1ccc(/C=C(\C)Cn2cc(CCCCCc3cnc(N)[nH]3)nn2)cc1. The molecule has 2 aromatic heterocycles. The average molecular weight is 407 g/mol. The molecule has 6 heteroatoms. The third-order valence-electron chi connectivity index (χ3n) is 5.24. The molecule has 0 aliphatic heterocycles. The summed E-state index contributed by atoms with van der Waals surface area (Å²) in [6.45, 7) is 5.15. The van der Waals surface area contributed by atoms with Crippen LogP contribution in [-0.2, 0) is 25.8 Å². The largest absolute Gasteiger partial charge is 0.369 e. The van der Waals surface area contributed by atoms with Gasteiger partial charge in [0.25, 0.3) is 0 Å². The van der Waals surface area contributed by atoms with Crippen molar-refractivity contribution in [3.05, 3.63) is 64.7 Å². The van der Waals surface area contributed by atoms with Crippen molar-refractivity contribution in [2.45, 2.75) is 71.8 Å². The number of aryl methyl sites for hydroxylation is 3. The zero-order valence-corrected chi connectivity index (χ0v) is 18.3. The molecule has 3 aromatic rings. The smallest absolute Gasteiger partial charge is 0.197 e. The number of nitrogens with two attached hydrogens (primary N) is 1. The highest BCUT2D eigenvalue weighted by Gasteiger charge is 2.03. The Balaban J connectivity index is 1.40. The molecular weight excluding hydrogens is 372 g/mol. The number of nitrogen functional groups attached to an aromatic ring is 1. The lowest BCUT2D eigenvalue weighted by Gasteiger charge is -2.03. The first-order valence-corrected chi connectivity index (χ1v) is 11.1. The fourth-order valence-electron chi connectivity index (χ4n) is 3.58. The maximum Gasteiger partial charge on any atom is 0.197 e. The van der Waals surface area contributed by atoms with Gasteiger partial charge < -0.3 is 10.7 Å². The van der Waals surface area contributed by atoms with E-state index in [2.05, 4.69) is 70.7 Å². The van der Waals surface area contributed by atoms with E-state index in [0.29, 0.717) is 5.95 Å². The van der Waals surface area contributed by atoms with E-state index in [1.807, 2.05) is 10.9 Å². The number of hydrogen-bond donors (Lipinski definition) is 2. The molecule has 30 heavy (non-hydrogen) atoms. The minimum Gasteiger partial charge on any atom is -0.369 e. The number of allylic oxidation sites excluding steroid dienone is 1. The number of H-pyrrole nitrogens is 1. The fourth-order valence-corrected chi connectivity index (χ4v) is 3.58. The monoisotopic (exact) mass is 406 g/mol. The molecule has 0 radical (unpaired) electrons. The van der Waals surface area contributed by atoms with Crippen LogP contribution in [0.2, 0.25) is 0 Å². The van der Waals surface area contributed by atoms with Gasteiger partial charge in [-0.3, -0.25) is 0 Å². The van der Waals surface area contributed by atoms with Gasteiger partial charge in [0, 0.05) is 11.9 Å². The van der Waals surface area contributed by atoms with E-state index in [1.54, 1.807) is 0 Å². The Morgan fingerprint density at radius 3 is 2.60 bits per heavy atom. The van der Waals surface area contributed by atoms with Crippen LogP contribution in [0.3, 0.4) is 0 Å². The molecule has 2 heterocycles. The van der Waals surface area contributed by atoms with Crippen LogP contribution in [0.15, 0.2) is 42.2 Å². The van der Waals surface area contributed by atoms with E-state index in [0.717, 1.165) is 50.0 Å². The van der Waals surface area contributed by atoms with E-state index in [1.165, 1.54) is 36.0 Å². The first-order chi connectivity index (χ1) is 14.6. The zero-order chi connectivity index (χ0) is 21.2. The summed E-state index contributed by atoms with van der Waals surface area (Å²) >= 11 is 0. The number of hydrogen-bond acceptors (Lipinski definition) is 4. The molecule has 1 aromatic carbocycles. The Morgan fingerprint density at radius 1 is 1.07 bits per heavy atom. The summed E-state index contributed by atoms with van der Waals surface area (Å²) in [5, 5.41) is 8.62. The number of aromatic amines is 1. The van der Waals surface area contributed by atoms with Crippen molar-refractivity contribution in [2.24, 2.45) is 0 Å². The Kier molecular flexibility index (Phi) is 8.24. The summed E-state index contributed by atoms with van der Waals surface area (Å²) in [5.74, 6) is 0.495. The van der Waals surface area contributed by atoms with E-state index in [9.17, 15) is 0 Å². The van der Waals surface area contributed by atoms with Gasteiger partial charge in [-0.25, -0.2) is 9.67 Å². The molecule has 0 aliphatic carbocycles. The molecule has 0 saturated heterocycles. The van der Waals surface area contributed by atoms with Crippen LogP contribution < -0.4 is 5.73 Å². The van der Waals surface area contributed by atoms with Gasteiger partial charge in [-0.1, -0.05) is 60.9 Å². The highest BCUT2D eigenvalue weighted by molar-refractivity contribution is 5.52. The van der Waals surface area contributed by atoms with E-state index < -0.39 is 0 Å². The summed E-state index contributed by atoms with van der Waals surface area (Å²) < 4.78 is 1.93. The minimum atomic E-state index is 0.495. The van der Waals surface area contributed by atoms with Gasteiger partial charge in [-0.15, -0.1) is 5.10 Å². The number of unbranched alkanes of at least 4 members (excludes halogenated alkanes) is 3. The number of nitrogens with one attached hydrogen (secondary N) is 1. The Morgan fingerprint density at radius 2 is 1.87 bits per heavy atom. The summed E-state index contributed by atoms with van der Waals surface area (Å²) in [6, 6.07) is 8.89. The highest BCUT2D eigenvalue weighted by Crippen LogP contribution is 2.13. The fraction of sp³-hybridized carbons (Fsp3) is 0.458. The summed E-state index contributed by atoms with van der Waals surface area (Å²) in [4.78, 5) is 7.10. The van der Waals surface area contributed by atoms with Crippen LogP contribution in [0.5, 0.6) is 0 Å². The van der Waals surface area contributed by atoms with Crippen molar-refractivity contribution in [3.8, 4) is 0 Å². The number of benzene rings is 1. The summed E-state index contributed by atoms with van der Waals surface area (Å²) in [7, 11) is 0. The number of anilines is 1. The molecule has 3 N–H and O–H groups in total. The number of imidazole rings is 1. The predicted octanol–water partition coefficient (Wildman–Crippen LogP) is 4.99. The second-order valence-corrected chi connectivity index (χ2v) is 8.10. The van der Waals surface area contributed by atoms with Crippen molar-refractivity contribution in [1.29, 1.82) is 0 Å². The van der Waals surface area contributed by atoms with Crippen molar-refractivity contribution in [2.75, 3.05) is 5.73 Å². The Bertz CT molecular complexity index is 919. The van der Waals surface area contributed by atoms with Gasteiger partial charge in [-0.05, 0) is 56.6 Å². The molecular formula is C24H34N6. The van der Waals surface area contributed by atoms with E-state index >= 15 is 0 Å². The van der Waals surface area contributed by atoms with Gasteiger partial charge in [0.2, 0.25) is 0 Å². The molecule has 0 aliphatic rings. The standard InChI is InChI=1S/C24H34N6/c1-3-4-8-20-11-13-21(14-12-20)15-19(2)17-30-18-23(28-29-30)10-7-5-6-9-22-16-26-24(25)27-22/h11-16,18H,3-10,17H2,1-2H3,(H3,25,26,27)/b19-15+.